The van der Waals surface area contributed by atoms with Gasteiger partial charge >= 0.3 is 12.2 Å². The van der Waals surface area contributed by atoms with Crippen molar-refractivity contribution in [1.82, 2.24) is 9.47 Å². The summed E-state index contributed by atoms with van der Waals surface area (Å²) in [6, 6.07) is 7.10. The number of nitrogens with zero attached hydrogens (tertiary/aromatic N) is 2. The zero-order chi connectivity index (χ0) is 14.3. The van der Waals surface area contributed by atoms with Crippen LogP contribution < -0.4 is 0 Å². The van der Waals surface area contributed by atoms with Gasteiger partial charge in [-0.05, 0) is 18.2 Å². The Kier molecular flexibility index (Phi) is 2.57. The normalized spacial score (nSPS) is 13.3. The number of fused-ring (bicyclic) bond motifs is 3. The molecule has 2 N–H and O–H groups in total. The SMILES string of the molecule is O=C(O)N1C=Cc2c(n(C(=O)O)c3ccccc23)C=C1. The van der Waals surface area contributed by atoms with Crippen LogP contribution in [0.1, 0.15) is 11.3 Å². The Hall–Kier alpha value is -3.02. The molecule has 1 aliphatic rings. The average Bonchev–Trinajstić information content (AvgIpc) is 2.57. The third kappa shape index (κ3) is 1.66. The lowest BCUT2D eigenvalue weighted by Gasteiger charge is -2.06. The monoisotopic (exact) mass is 270 g/mol. The van der Waals surface area contributed by atoms with Crippen LogP contribution in [0.4, 0.5) is 9.59 Å². The third-order valence-corrected chi connectivity index (χ3v) is 3.16. The molecule has 100 valence electrons. The number of benzene rings is 1. The smallest absolute Gasteiger partial charge is 0.416 e. The van der Waals surface area contributed by atoms with Gasteiger partial charge in [-0.15, -0.1) is 0 Å². The first-order valence-corrected chi connectivity index (χ1v) is 5.84. The van der Waals surface area contributed by atoms with Crippen LogP contribution in [-0.4, -0.2) is 31.9 Å². The van der Waals surface area contributed by atoms with E-state index in [1.54, 1.807) is 18.2 Å². The van der Waals surface area contributed by atoms with Gasteiger partial charge in [0.15, 0.2) is 0 Å². The number of aromatic nitrogens is 1. The molecule has 1 amide bonds. The van der Waals surface area contributed by atoms with Gasteiger partial charge in [0.2, 0.25) is 0 Å². The van der Waals surface area contributed by atoms with Gasteiger partial charge in [-0.25, -0.2) is 14.2 Å². The Morgan fingerprint density at radius 1 is 0.950 bits per heavy atom. The number of para-hydroxylation sites is 1. The molecule has 0 unspecified atom stereocenters. The van der Waals surface area contributed by atoms with E-state index in [1.807, 2.05) is 12.1 Å². The predicted octanol–water partition coefficient (Wildman–Crippen LogP) is 3.10. The fraction of sp³-hybridized carbons (Fsp3) is 0. The van der Waals surface area contributed by atoms with E-state index in [-0.39, 0.29) is 0 Å². The van der Waals surface area contributed by atoms with Gasteiger partial charge in [-0.3, -0.25) is 4.90 Å². The van der Waals surface area contributed by atoms with Gasteiger partial charge in [0.1, 0.15) is 0 Å². The fourth-order valence-electron chi connectivity index (χ4n) is 2.31. The molecule has 3 rings (SSSR count). The Bertz CT molecular complexity index is 786. The molecular formula is C14H10N2O4. The zero-order valence-corrected chi connectivity index (χ0v) is 10.2. The molecule has 6 heteroatoms. The topological polar surface area (TPSA) is 82.8 Å². The highest BCUT2D eigenvalue weighted by molar-refractivity contribution is 6.00. The summed E-state index contributed by atoms with van der Waals surface area (Å²) < 4.78 is 1.15. The minimum absolute atomic E-state index is 0.443. The second-order valence-electron chi connectivity index (χ2n) is 4.26. The van der Waals surface area contributed by atoms with Crippen molar-refractivity contribution in [3.05, 3.63) is 47.9 Å². The zero-order valence-electron chi connectivity index (χ0n) is 10.2. The van der Waals surface area contributed by atoms with Crippen molar-refractivity contribution in [2.45, 2.75) is 0 Å². The molecule has 0 aliphatic carbocycles. The van der Waals surface area contributed by atoms with E-state index in [0.717, 1.165) is 14.9 Å². The predicted molar refractivity (Wildman–Crippen MR) is 73.3 cm³/mol. The summed E-state index contributed by atoms with van der Waals surface area (Å²) >= 11 is 0. The number of carbonyl (C=O) groups is 2. The number of carboxylic acid groups (broad SMARTS) is 2. The molecule has 1 aliphatic heterocycles. The molecule has 0 fully saturated rings. The molecule has 1 aromatic carbocycles. The van der Waals surface area contributed by atoms with Crippen LogP contribution in [0.15, 0.2) is 36.7 Å². The first-order valence-electron chi connectivity index (χ1n) is 5.84. The minimum atomic E-state index is -1.13. The number of rotatable bonds is 0. The highest BCUT2D eigenvalue weighted by atomic mass is 16.4. The summed E-state index contributed by atoms with van der Waals surface area (Å²) in [5, 5.41) is 19.1. The van der Waals surface area contributed by atoms with Crippen molar-refractivity contribution < 1.29 is 19.8 Å². The Morgan fingerprint density at radius 3 is 2.35 bits per heavy atom. The second-order valence-corrected chi connectivity index (χ2v) is 4.26. The molecule has 0 bridgehead atoms. The Labute approximate surface area is 113 Å². The third-order valence-electron chi connectivity index (χ3n) is 3.16. The maximum absolute atomic E-state index is 11.5. The lowest BCUT2D eigenvalue weighted by Crippen LogP contribution is -2.16. The minimum Gasteiger partial charge on any atom is -0.464 e. The highest BCUT2D eigenvalue weighted by Crippen LogP contribution is 2.30. The van der Waals surface area contributed by atoms with Crippen LogP contribution in [-0.2, 0) is 0 Å². The molecule has 20 heavy (non-hydrogen) atoms. The Morgan fingerprint density at radius 2 is 1.65 bits per heavy atom. The second kappa shape index (κ2) is 4.27. The quantitative estimate of drug-likeness (QED) is 0.770. The standard InChI is InChI=1S/C14H10N2O4/c17-13(18)15-7-5-10-9-3-1-2-4-11(9)16(14(19)20)12(10)6-8-15/h1-8H,(H,17,18)(H,19,20). The maximum Gasteiger partial charge on any atom is 0.416 e. The van der Waals surface area contributed by atoms with E-state index < -0.39 is 12.2 Å². The number of amides is 1. The van der Waals surface area contributed by atoms with E-state index in [4.69, 9.17) is 5.11 Å². The Balaban J connectivity index is 2.32. The van der Waals surface area contributed by atoms with Gasteiger partial charge in [0, 0.05) is 23.3 Å². The summed E-state index contributed by atoms with van der Waals surface area (Å²) in [4.78, 5) is 23.4. The fourth-order valence-corrected chi connectivity index (χ4v) is 2.31. The van der Waals surface area contributed by atoms with Gasteiger partial charge in [0.05, 0.1) is 11.2 Å². The largest absolute Gasteiger partial charge is 0.464 e. The molecule has 0 radical (unpaired) electrons. The van der Waals surface area contributed by atoms with E-state index in [1.165, 1.54) is 18.5 Å². The van der Waals surface area contributed by atoms with Gasteiger partial charge in [-0.1, -0.05) is 18.2 Å². The molecule has 2 aromatic rings. The summed E-state index contributed by atoms with van der Waals surface area (Å²) in [6.45, 7) is 0. The van der Waals surface area contributed by atoms with Crippen molar-refractivity contribution in [2.75, 3.05) is 0 Å². The van der Waals surface area contributed by atoms with E-state index in [2.05, 4.69) is 0 Å². The van der Waals surface area contributed by atoms with Crippen molar-refractivity contribution in [2.24, 2.45) is 0 Å². The summed E-state index contributed by atoms with van der Waals surface area (Å²) in [6.07, 6.45) is 3.56. The molecule has 0 saturated heterocycles. The van der Waals surface area contributed by atoms with E-state index in [0.29, 0.717) is 16.8 Å². The van der Waals surface area contributed by atoms with Crippen molar-refractivity contribution in [3.8, 4) is 0 Å². The first kappa shape index (κ1) is 12.0. The summed E-state index contributed by atoms with van der Waals surface area (Å²) in [5.74, 6) is 0. The summed E-state index contributed by atoms with van der Waals surface area (Å²) in [7, 11) is 0. The maximum atomic E-state index is 11.5. The lowest BCUT2D eigenvalue weighted by atomic mass is 10.1. The number of hydrogen-bond acceptors (Lipinski definition) is 2. The van der Waals surface area contributed by atoms with Gasteiger partial charge < -0.3 is 10.2 Å². The molecule has 2 heterocycles. The molecule has 6 nitrogen and oxygen atoms in total. The lowest BCUT2D eigenvalue weighted by molar-refractivity contribution is 0.176. The first-order chi connectivity index (χ1) is 9.59. The van der Waals surface area contributed by atoms with Crippen molar-refractivity contribution in [3.63, 3.8) is 0 Å². The van der Waals surface area contributed by atoms with Crippen LogP contribution in [0.5, 0.6) is 0 Å². The molecule has 1 aromatic heterocycles. The van der Waals surface area contributed by atoms with Gasteiger partial charge in [0.25, 0.3) is 0 Å². The average molecular weight is 270 g/mol. The summed E-state index contributed by atoms with van der Waals surface area (Å²) in [5.41, 5.74) is 1.70. The molecule has 0 atom stereocenters. The molecule has 0 saturated carbocycles. The van der Waals surface area contributed by atoms with Gasteiger partial charge in [-0.2, -0.15) is 0 Å². The number of hydrogen-bond donors (Lipinski definition) is 2. The van der Waals surface area contributed by atoms with Crippen LogP contribution in [0.2, 0.25) is 0 Å². The highest BCUT2D eigenvalue weighted by Gasteiger charge is 2.20. The van der Waals surface area contributed by atoms with Crippen LogP contribution in [0.3, 0.4) is 0 Å². The van der Waals surface area contributed by atoms with Crippen LogP contribution >= 0.6 is 0 Å². The van der Waals surface area contributed by atoms with Crippen LogP contribution in [0, 0.1) is 0 Å². The van der Waals surface area contributed by atoms with Crippen molar-refractivity contribution >= 4 is 35.2 Å². The van der Waals surface area contributed by atoms with Crippen molar-refractivity contribution in [1.29, 1.82) is 0 Å². The molecule has 0 spiro atoms. The van der Waals surface area contributed by atoms with E-state index in [9.17, 15) is 14.7 Å². The molecular weight excluding hydrogens is 260 g/mol. The van der Waals surface area contributed by atoms with Crippen LogP contribution in [0.25, 0.3) is 23.1 Å². The van der Waals surface area contributed by atoms with E-state index >= 15 is 0 Å².